The van der Waals surface area contributed by atoms with Crippen LogP contribution in [0.4, 0.5) is 4.39 Å². The molecule has 3 atom stereocenters. The molecule has 0 spiro atoms. The van der Waals surface area contributed by atoms with Gasteiger partial charge in [-0.2, -0.15) is 0 Å². The van der Waals surface area contributed by atoms with Gasteiger partial charge in [0.2, 0.25) is 0 Å². The van der Waals surface area contributed by atoms with Crippen molar-refractivity contribution in [2.45, 2.75) is 38.6 Å². The van der Waals surface area contributed by atoms with Crippen LogP contribution in [0.5, 0.6) is 0 Å². The molecule has 0 bridgehead atoms. The number of nitrogens with two attached hydrogens (primary N) is 1. The third-order valence-electron chi connectivity index (χ3n) is 4.24. The van der Waals surface area contributed by atoms with Crippen LogP contribution in [0.1, 0.15) is 38.2 Å². The van der Waals surface area contributed by atoms with Gasteiger partial charge in [0.25, 0.3) is 0 Å². The van der Waals surface area contributed by atoms with Crippen molar-refractivity contribution < 1.29 is 4.39 Å². The van der Waals surface area contributed by atoms with E-state index in [1.807, 2.05) is 6.07 Å². The van der Waals surface area contributed by atoms with Crippen LogP contribution in [-0.2, 0) is 0 Å². The zero-order valence-corrected chi connectivity index (χ0v) is 10.4. The van der Waals surface area contributed by atoms with Gasteiger partial charge in [-0.25, -0.2) is 4.39 Å². The third kappa shape index (κ3) is 1.64. The lowest BCUT2D eigenvalue weighted by Crippen LogP contribution is -2.54. The van der Waals surface area contributed by atoms with Crippen LogP contribution in [0.2, 0.25) is 5.02 Å². The molecule has 2 rings (SSSR count). The van der Waals surface area contributed by atoms with Crippen LogP contribution in [0, 0.1) is 11.2 Å². The lowest BCUT2D eigenvalue weighted by Gasteiger charge is -2.53. The highest BCUT2D eigenvalue weighted by molar-refractivity contribution is 6.30. The molecule has 1 aromatic carbocycles. The Hall–Kier alpha value is -0.600. The Morgan fingerprint density at radius 2 is 2.25 bits per heavy atom. The van der Waals surface area contributed by atoms with Gasteiger partial charge >= 0.3 is 0 Å². The Morgan fingerprint density at radius 1 is 1.56 bits per heavy atom. The van der Waals surface area contributed by atoms with Gasteiger partial charge < -0.3 is 5.73 Å². The molecule has 1 aromatic rings. The molecule has 88 valence electrons. The fraction of sp³-hybridized carbons (Fsp3) is 0.538. The van der Waals surface area contributed by atoms with Gasteiger partial charge in [-0.3, -0.25) is 0 Å². The number of hydrogen-bond donors (Lipinski definition) is 1. The predicted molar refractivity (Wildman–Crippen MR) is 65.1 cm³/mol. The molecule has 1 nitrogen and oxygen atoms in total. The first-order valence-electron chi connectivity index (χ1n) is 5.69. The van der Waals surface area contributed by atoms with E-state index in [-0.39, 0.29) is 22.3 Å². The van der Waals surface area contributed by atoms with Crippen molar-refractivity contribution in [1.82, 2.24) is 0 Å². The van der Waals surface area contributed by atoms with Crippen LogP contribution in [-0.4, -0.2) is 6.04 Å². The van der Waals surface area contributed by atoms with Crippen molar-refractivity contribution in [2.75, 3.05) is 0 Å². The van der Waals surface area contributed by atoms with Crippen molar-refractivity contribution >= 4 is 11.6 Å². The number of benzene rings is 1. The lowest BCUT2D eigenvalue weighted by atomic mass is 9.54. The summed E-state index contributed by atoms with van der Waals surface area (Å²) in [5, 5.41) is 0.205. The quantitative estimate of drug-likeness (QED) is 0.839. The molecular formula is C13H17ClFN. The molecule has 0 amide bonds. The highest BCUT2D eigenvalue weighted by Gasteiger charge is 2.48. The first-order valence-corrected chi connectivity index (χ1v) is 6.07. The van der Waals surface area contributed by atoms with Crippen molar-refractivity contribution in [2.24, 2.45) is 11.1 Å². The second-order valence-electron chi connectivity index (χ2n) is 4.93. The molecule has 0 saturated heterocycles. The van der Waals surface area contributed by atoms with Gasteiger partial charge in [-0.1, -0.05) is 31.5 Å². The van der Waals surface area contributed by atoms with Crippen LogP contribution < -0.4 is 5.73 Å². The van der Waals surface area contributed by atoms with Crippen molar-refractivity contribution in [1.29, 1.82) is 0 Å². The summed E-state index contributed by atoms with van der Waals surface area (Å²) in [7, 11) is 0. The number of hydrogen-bond acceptors (Lipinski definition) is 1. The standard InChI is InChI=1S/C13H17ClFN/c1-3-13(2)9(7-12(13)16)8-4-5-11(15)10(14)6-8/h4-6,9,12H,3,7,16H2,1-2H3. The summed E-state index contributed by atoms with van der Waals surface area (Å²) in [4.78, 5) is 0. The van der Waals surface area contributed by atoms with E-state index in [9.17, 15) is 4.39 Å². The fourth-order valence-corrected chi connectivity index (χ4v) is 2.83. The predicted octanol–water partition coefficient (Wildman–Crippen LogP) is 3.71. The van der Waals surface area contributed by atoms with Gasteiger partial charge in [0.15, 0.2) is 0 Å². The summed E-state index contributed by atoms with van der Waals surface area (Å²) in [5.74, 6) is 0.0536. The minimum Gasteiger partial charge on any atom is -0.327 e. The van der Waals surface area contributed by atoms with Crippen LogP contribution in [0.15, 0.2) is 18.2 Å². The second kappa shape index (κ2) is 4.01. The van der Waals surface area contributed by atoms with Gasteiger partial charge in [0.1, 0.15) is 5.82 Å². The molecule has 1 fully saturated rings. The maximum Gasteiger partial charge on any atom is 0.141 e. The summed E-state index contributed by atoms with van der Waals surface area (Å²) in [5.41, 5.74) is 7.29. The molecular weight excluding hydrogens is 225 g/mol. The Balaban J connectivity index is 2.29. The average Bonchev–Trinajstić information content (AvgIpc) is 2.28. The zero-order chi connectivity index (χ0) is 11.9. The minimum atomic E-state index is -0.354. The molecule has 1 aliphatic rings. The van der Waals surface area contributed by atoms with Crippen LogP contribution in [0.25, 0.3) is 0 Å². The summed E-state index contributed by atoms with van der Waals surface area (Å²) < 4.78 is 13.1. The third-order valence-corrected chi connectivity index (χ3v) is 4.53. The largest absolute Gasteiger partial charge is 0.327 e. The van der Waals surface area contributed by atoms with E-state index in [1.54, 1.807) is 6.07 Å². The average molecular weight is 242 g/mol. The second-order valence-corrected chi connectivity index (χ2v) is 5.33. The van der Waals surface area contributed by atoms with Crippen LogP contribution in [0.3, 0.4) is 0 Å². The Morgan fingerprint density at radius 3 is 2.75 bits per heavy atom. The molecule has 16 heavy (non-hydrogen) atoms. The SMILES string of the molecule is CCC1(C)C(N)CC1c1ccc(F)c(Cl)c1. The van der Waals surface area contributed by atoms with Gasteiger partial charge in [-0.15, -0.1) is 0 Å². The van der Waals surface area contributed by atoms with E-state index in [0.29, 0.717) is 5.92 Å². The Bertz CT molecular complexity index is 407. The first-order chi connectivity index (χ1) is 7.49. The van der Waals surface area contributed by atoms with Crippen molar-refractivity contribution in [3.63, 3.8) is 0 Å². The van der Waals surface area contributed by atoms with Crippen molar-refractivity contribution in [3.8, 4) is 0 Å². The molecule has 0 aliphatic heterocycles. The van der Waals surface area contributed by atoms with E-state index >= 15 is 0 Å². The highest BCUT2D eigenvalue weighted by atomic mass is 35.5. The molecule has 0 aromatic heterocycles. The molecule has 3 unspecified atom stereocenters. The minimum absolute atomic E-state index is 0.126. The fourth-order valence-electron chi connectivity index (χ4n) is 2.64. The van der Waals surface area contributed by atoms with E-state index in [1.165, 1.54) is 6.07 Å². The number of rotatable bonds is 2. The summed E-state index contributed by atoms with van der Waals surface area (Å²) >= 11 is 5.81. The summed E-state index contributed by atoms with van der Waals surface area (Å²) in [6.07, 6.45) is 2.00. The highest BCUT2D eigenvalue weighted by Crippen LogP contribution is 2.54. The lowest BCUT2D eigenvalue weighted by molar-refractivity contribution is 0.0705. The van der Waals surface area contributed by atoms with Crippen LogP contribution >= 0.6 is 11.6 Å². The smallest absolute Gasteiger partial charge is 0.141 e. The van der Waals surface area contributed by atoms with E-state index in [2.05, 4.69) is 13.8 Å². The van der Waals surface area contributed by atoms with Crippen molar-refractivity contribution in [3.05, 3.63) is 34.6 Å². The van der Waals surface area contributed by atoms with E-state index in [0.717, 1.165) is 18.4 Å². The van der Waals surface area contributed by atoms with E-state index < -0.39 is 0 Å². The Labute approximate surface area is 101 Å². The molecule has 2 N–H and O–H groups in total. The molecule has 1 saturated carbocycles. The molecule has 0 radical (unpaired) electrons. The molecule has 3 heteroatoms. The maximum absolute atomic E-state index is 13.1. The van der Waals surface area contributed by atoms with E-state index in [4.69, 9.17) is 17.3 Å². The topological polar surface area (TPSA) is 26.0 Å². The Kier molecular flexibility index (Phi) is 2.97. The molecule has 0 heterocycles. The molecule has 1 aliphatic carbocycles. The van der Waals surface area contributed by atoms with Gasteiger partial charge in [-0.05, 0) is 41.9 Å². The zero-order valence-electron chi connectivity index (χ0n) is 9.63. The summed E-state index contributed by atoms with van der Waals surface area (Å²) in [6, 6.07) is 5.25. The normalized spacial score (nSPS) is 33.6. The monoisotopic (exact) mass is 241 g/mol. The van der Waals surface area contributed by atoms with Gasteiger partial charge in [0.05, 0.1) is 5.02 Å². The number of halogens is 2. The van der Waals surface area contributed by atoms with Gasteiger partial charge in [0, 0.05) is 6.04 Å². The first kappa shape index (κ1) is 11.9. The maximum atomic E-state index is 13.1. The summed E-state index contributed by atoms with van der Waals surface area (Å²) in [6.45, 7) is 4.35.